The van der Waals surface area contributed by atoms with Gasteiger partial charge >= 0.3 is 12.2 Å². The second kappa shape index (κ2) is 6.54. The molecule has 2 N–H and O–H groups in total. The van der Waals surface area contributed by atoms with E-state index in [2.05, 4.69) is 20.7 Å². The second-order valence-corrected chi connectivity index (χ2v) is 7.49. The standard InChI is InChI=1S/C20H16F3N5O2/c21-20(22,23)14-4-2-1-3-11(14)16-9-28-17(25-16)12(10-5-6-10)7-15(27-28)13-8-24-19(30)26-18(13)29/h1-4,7,9-10,13H,5-6,8H2,(H2,24,26,29,30). The van der Waals surface area contributed by atoms with Crippen LogP contribution in [0.5, 0.6) is 0 Å². The average Bonchev–Trinajstić information content (AvgIpc) is 3.45. The Bertz CT molecular complexity index is 1180. The van der Waals surface area contributed by atoms with Crippen LogP contribution in [0.1, 0.15) is 41.5 Å². The van der Waals surface area contributed by atoms with E-state index in [1.54, 1.807) is 6.07 Å². The summed E-state index contributed by atoms with van der Waals surface area (Å²) in [4.78, 5) is 28.1. The van der Waals surface area contributed by atoms with Crippen molar-refractivity contribution in [2.24, 2.45) is 0 Å². The van der Waals surface area contributed by atoms with Crippen LogP contribution in [0.15, 0.2) is 36.5 Å². The van der Waals surface area contributed by atoms with E-state index >= 15 is 0 Å². The zero-order valence-electron chi connectivity index (χ0n) is 15.5. The van der Waals surface area contributed by atoms with Crippen LogP contribution in [-0.2, 0) is 11.0 Å². The molecule has 2 aromatic heterocycles. The quantitative estimate of drug-likeness (QED) is 0.688. The van der Waals surface area contributed by atoms with E-state index in [-0.39, 0.29) is 23.7 Å². The van der Waals surface area contributed by atoms with Crippen LogP contribution in [0, 0.1) is 0 Å². The predicted octanol–water partition coefficient (Wildman–Crippen LogP) is 3.22. The number of carbonyl (C=O) groups excluding carboxylic acids is 2. The first-order valence-electron chi connectivity index (χ1n) is 9.47. The van der Waals surface area contributed by atoms with Gasteiger partial charge in [0.15, 0.2) is 5.65 Å². The van der Waals surface area contributed by atoms with Crippen LogP contribution >= 0.6 is 0 Å². The van der Waals surface area contributed by atoms with Gasteiger partial charge in [-0.1, -0.05) is 18.2 Å². The number of alkyl halides is 3. The smallest absolute Gasteiger partial charge is 0.337 e. The number of nitrogens with one attached hydrogen (secondary N) is 2. The summed E-state index contributed by atoms with van der Waals surface area (Å²) in [6.45, 7) is 0.103. The van der Waals surface area contributed by atoms with E-state index in [0.717, 1.165) is 24.5 Å². The molecule has 1 aromatic carbocycles. The molecule has 1 aliphatic carbocycles. The Morgan fingerprint density at radius 1 is 1.13 bits per heavy atom. The number of amides is 3. The minimum Gasteiger partial charge on any atom is -0.337 e. The zero-order valence-corrected chi connectivity index (χ0v) is 15.5. The van der Waals surface area contributed by atoms with E-state index in [9.17, 15) is 22.8 Å². The number of rotatable bonds is 3. The van der Waals surface area contributed by atoms with Crippen molar-refractivity contribution in [1.82, 2.24) is 25.2 Å². The first-order valence-corrected chi connectivity index (χ1v) is 9.47. The Labute approximate surface area is 168 Å². The highest BCUT2D eigenvalue weighted by molar-refractivity contribution is 6.00. The molecule has 1 saturated heterocycles. The molecule has 3 aromatic rings. The lowest BCUT2D eigenvalue weighted by molar-refractivity contribution is -0.137. The van der Waals surface area contributed by atoms with Crippen molar-refractivity contribution in [2.45, 2.75) is 30.9 Å². The van der Waals surface area contributed by atoms with E-state index in [0.29, 0.717) is 11.3 Å². The van der Waals surface area contributed by atoms with Crippen LogP contribution in [0.4, 0.5) is 18.0 Å². The number of halogens is 3. The SMILES string of the molecule is O=C1NCC(c2cc(C3CC3)c3nc(-c4ccccc4C(F)(F)F)cn3n2)C(=O)N1. The number of urea groups is 1. The second-order valence-electron chi connectivity index (χ2n) is 7.49. The third kappa shape index (κ3) is 3.17. The lowest BCUT2D eigenvalue weighted by Gasteiger charge is -2.22. The van der Waals surface area contributed by atoms with E-state index in [1.165, 1.54) is 28.9 Å². The first kappa shape index (κ1) is 18.6. The number of hydrogen-bond donors (Lipinski definition) is 2. The van der Waals surface area contributed by atoms with Crippen LogP contribution in [-0.4, -0.2) is 33.1 Å². The molecule has 2 aliphatic rings. The first-order chi connectivity index (χ1) is 14.3. The van der Waals surface area contributed by atoms with E-state index in [1.807, 2.05) is 0 Å². The van der Waals surface area contributed by atoms with Gasteiger partial charge in [-0.2, -0.15) is 18.3 Å². The average molecular weight is 415 g/mol. The summed E-state index contributed by atoms with van der Waals surface area (Å²) >= 11 is 0. The van der Waals surface area contributed by atoms with E-state index in [4.69, 9.17) is 0 Å². The maximum atomic E-state index is 13.5. The maximum Gasteiger partial charge on any atom is 0.417 e. The Morgan fingerprint density at radius 3 is 2.60 bits per heavy atom. The van der Waals surface area contributed by atoms with E-state index < -0.39 is 29.6 Å². The summed E-state index contributed by atoms with van der Waals surface area (Å²) in [7, 11) is 0. The number of aromatic nitrogens is 3. The fraction of sp³-hybridized carbons (Fsp3) is 0.300. The monoisotopic (exact) mass is 415 g/mol. The van der Waals surface area contributed by atoms with Crippen LogP contribution in [0.3, 0.4) is 0 Å². The van der Waals surface area contributed by atoms with Crippen LogP contribution in [0.2, 0.25) is 0 Å². The molecule has 2 fully saturated rings. The largest absolute Gasteiger partial charge is 0.417 e. The number of nitrogens with zero attached hydrogens (tertiary/aromatic N) is 3. The number of hydrogen-bond acceptors (Lipinski definition) is 4. The summed E-state index contributed by atoms with van der Waals surface area (Å²) in [5.41, 5.74) is 1.14. The number of fused-ring (bicyclic) bond motifs is 1. The number of carbonyl (C=O) groups is 2. The Hall–Kier alpha value is -3.43. The lowest BCUT2D eigenvalue weighted by atomic mass is 10.0. The highest BCUT2D eigenvalue weighted by atomic mass is 19.4. The molecule has 7 nitrogen and oxygen atoms in total. The molecule has 3 heterocycles. The van der Waals surface area contributed by atoms with Crippen LogP contribution < -0.4 is 10.6 Å². The van der Waals surface area contributed by atoms with Gasteiger partial charge in [-0.25, -0.2) is 14.3 Å². The van der Waals surface area contributed by atoms with Gasteiger partial charge in [0.25, 0.3) is 0 Å². The van der Waals surface area contributed by atoms with Crippen molar-refractivity contribution < 1.29 is 22.8 Å². The molecule has 5 rings (SSSR count). The Kier molecular flexibility index (Phi) is 4.05. The fourth-order valence-electron chi connectivity index (χ4n) is 3.74. The van der Waals surface area contributed by atoms with Gasteiger partial charge in [0.2, 0.25) is 5.91 Å². The number of benzene rings is 1. The summed E-state index contributed by atoms with van der Waals surface area (Å²) in [5, 5.41) is 9.23. The minimum atomic E-state index is -4.51. The Morgan fingerprint density at radius 2 is 1.90 bits per heavy atom. The highest BCUT2D eigenvalue weighted by Gasteiger charge is 2.35. The zero-order chi connectivity index (χ0) is 21.0. The Balaban J connectivity index is 1.64. The summed E-state index contributed by atoms with van der Waals surface area (Å²) in [6.07, 6.45) is -1.18. The van der Waals surface area contributed by atoms with Crippen molar-refractivity contribution in [3.05, 3.63) is 53.3 Å². The molecule has 0 spiro atoms. The van der Waals surface area contributed by atoms with Crippen LogP contribution in [0.25, 0.3) is 16.9 Å². The van der Waals surface area contributed by atoms with Crippen molar-refractivity contribution in [3.8, 4) is 11.3 Å². The summed E-state index contributed by atoms with van der Waals surface area (Å²) < 4.78 is 41.8. The van der Waals surface area contributed by atoms with Gasteiger partial charge < -0.3 is 5.32 Å². The van der Waals surface area contributed by atoms with Gasteiger partial charge in [0.05, 0.1) is 29.1 Å². The minimum absolute atomic E-state index is 0.0264. The van der Waals surface area contributed by atoms with Crippen molar-refractivity contribution in [1.29, 1.82) is 0 Å². The van der Waals surface area contributed by atoms with Crippen molar-refractivity contribution >= 4 is 17.6 Å². The van der Waals surface area contributed by atoms with Crippen molar-refractivity contribution in [3.63, 3.8) is 0 Å². The molecule has 154 valence electrons. The fourth-order valence-corrected chi connectivity index (χ4v) is 3.74. The lowest BCUT2D eigenvalue weighted by Crippen LogP contribution is -2.51. The molecular formula is C20H16F3N5O2. The third-order valence-electron chi connectivity index (χ3n) is 5.38. The predicted molar refractivity (Wildman–Crippen MR) is 99.7 cm³/mol. The molecule has 1 saturated carbocycles. The molecule has 10 heteroatoms. The molecule has 3 amide bonds. The normalized spacial score (nSPS) is 19.6. The molecule has 0 radical (unpaired) electrons. The number of imidazole rings is 1. The van der Waals surface area contributed by atoms with Crippen molar-refractivity contribution in [2.75, 3.05) is 6.54 Å². The van der Waals surface area contributed by atoms with Gasteiger partial charge in [-0.3, -0.25) is 10.1 Å². The molecular weight excluding hydrogens is 399 g/mol. The molecule has 30 heavy (non-hydrogen) atoms. The summed E-state index contributed by atoms with van der Waals surface area (Å²) in [5.74, 6) is -0.920. The van der Waals surface area contributed by atoms with Gasteiger partial charge in [0, 0.05) is 17.7 Å². The number of imide groups is 1. The summed E-state index contributed by atoms with van der Waals surface area (Å²) in [6, 6.07) is 6.49. The van der Waals surface area contributed by atoms with Gasteiger partial charge in [0.1, 0.15) is 0 Å². The van der Waals surface area contributed by atoms with Gasteiger partial charge in [-0.15, -0.1) is 0 Å². The molecule has 0 bridgehead atoms. The maximum absolute atomic E-state index is 13.5. The molecule has 1 aliphatic heterocycles. The molecule has 1 atom stereocenters. The topological polar surface area (TPSA) is 88.4 Å². The third-order valence-corrected chi connectivity index (χ3v) is 5.38. The van der Waals surface area contributed by atoms with Gasteiger partial charge in [-0.05, 0) is 30.9 Å². The highest BCUT2D eigenvalue weighted by Crippen LogP contribution is 2.43. The molecule has 1 unspecified atom stereocenters.